The molecule has 160 valence electrons. The number of anilines is 1. The van der Waals surface area contributed by atoms with E-state index < -0.39 is 11.3 Å². The maximum Gasteiger partial charge on any atom is 0.224 e. The molecule has 1 aromatic carbocycles. The number of nitrogens with zero attached hydrogens (tertiary/aromatic N) is 3. The van der Waals surface area contributed by atoms with Crippen molar-refractivity contribution in [3.05, 3.63) is 48.3 Å². The van der Waals surface area contributed by atoms with Crippen molar-refractivity contribution < 1.29 is 13.9 Å². The second-order valence-electron chi connectivity index (χ2n) is 7.83. The van der Waals surface area contributed by atoms with Crippen LogP contribution in [0, 0.1) is 0 Å². The van der Waals surface area contributed by atoms with Gasteiger partial charge in [-0.1, -0.05) is 19.1 Å². The molecule has 2 heterocycles. The third-order valence-electron chi connectivity index (χ3n) is 5.78. The van der Waals surface area contributed by atoms with Crippen LogP contribution in [0.25, 0.3) is 16.7 Å². The average Bonchev–Trinajstić information content (AvgIpc) is 3.19. The van der Waals surface area contributed by atoms with Gasteiger partial charge >= 0.3 is 0 Å². The Bertz CT molecular complexity index is 1030. The topological polar surface area (TPSA) is 115 Å². The number of rotatable bonds is 7. The molecule has 0 bridgehead atoms. The third kappa shape index (κ3) is 4.54. The van der Waals surface area contributed by atoms with E-state index >= 15 is 0 Å². The quantitative estimate of drug-likeness (QED) is 0.498. The first-order chi connectivity index (χ1) is 14.5. The van der Waals surface area contributed by atoms with Gasteiger partial charge in [0.05, 0.1) is 5.52 Å². The Balaban J connectivity index is 1.51. The van der Waals surface area contributed by atoms with E-state index in [0.29, 0.717) is 5.95 Å². The fourth-order valence-electron chi connectivity index (χ4n) is 4.15. The largest absolute Gasteiger partial charge is 0.760 e. The van der Waals surface area contributed by atoms with Crippen LogP contribution in [0.4, 0.5) is 5.95 Å². The van der Waals surface area contributed by atoms with Crippen molar-refractivity contribution in [3.8, 4) is 5.82 Å². The molecule has 1 aliphatic carbocycles. The highest BCUT2D eigenvalue weighted by molar-refractivity contribution is 7.77. The second kappa shape index (κ2) is 9.22. The molecule has 0 saturated heterocycles. The number of benzene rings is 1. The highest BCUT2D eigenvalue weighted by Gasteiger charge is 2.21. The van der Waals surface area contributed by atoms with Crippen LogP contribution in [0.3, 0.4) is 0 Å². The maximum absolute atomic E-state index is 10.8. The Hall–Kier alpha value is -2.33. The van der Waals surface area contributed by atoms with Crippen LogP contribution in [-0.2, 0) is 11.3 Å². The lowest BCUT2D eigenvalue weighted by molar-refractivity contribution is 0.273. The molecule has 1 saturated carbocycles. The lowest BCUT2D eigenvalue weighted by Gasteiger charge is -2.30. The molecule has 8 nitrogen and oxygen atoms in total. The molecule has 3 N–H and O–H groups in total. The van der Waals surface area contributed by atoms with E-state index in [2.05, 4.69) is 21.1 Å². The molecule has 0 amide bonds. The highest BCUT2D eigenvalue weighted by Crippen LogP contribution is 2.28. The van der Waals surface area contributed by atoms with Gasteiger partial charge in [0.2, 0.25) is 5.95 Å². The minimum atomic E-state index is -2.21. The normalized spacial score (nSPS) is 21.4. The zero-order valence-corrected chi connectivity index (χ0v) is 17.6. The smallest absolute Gasteiger partial charge is 0.224 e. The molecule has 0 spiro atoms. The molecule has 2 unspecified atom stereocenters. The lowest BCUT2D eigenvalue weighted by Crippen LogP contribution is -2.37. The lowest BCUT2D eigenvalue weighted by atomic mass is 9.92. The van der Waals surface area contributed by atoms with E-state index in [1.807, 2.05) is 42.0 Å². The number of hydrogen-bond acceptors (Lipinski definition) is 6. The molecule has 0 radical (unpaired) electrons. The van der Waals surface area contributed by atoms with Crippen molar-refractivity contribution >= 4 is 28.1 Å². The van der Waals surface area contributed by atoms with E-state index in [0.717, 1.165) is 48.0 Å². The average molecular weight is 429 g/mol. The van der Waals surface area contributed by atoms with Crippen molar-refractivity contribution in [1.82, 2.24) is 19.3 Å². The summed E-state index contributed by atoms with van der Waals surface area (Å²) >= 11 is -2.21. The summed E-state index contributed by atoms with van der Waals surface area (Å²) in [4.78, 5) is 9.07. The van der Waals surface area contributed by atoms with Gasteiger partial charge < -0.3 is 19.5 Å². The number of hydrogen-bond donors (Lipinski definition) is 3. The van der Waals surface area contributed by atoms with Crippen LogP contribution in [0.15, 0.2) is 42.7 Å². The van der Waals surface area contributed by atoms with Crippen molar-refractivity contribution in [3.63, 3.8) is 0 Å². The summed E-state index contributed by atoms with van der Waals surface area (Å²) in [5.41, 5.74) is 2.15. The Labute approximate surface area is 178 Å². The second-order valence-corrected chi connectivity index (χ2v) is 8.54. The summed E-state index contributed by atoms with van der Waals surface area (Å²) in [5, 5.41) is 14.1. The molecule has 1 fully saturated rings. The Morgan fingerprint density at radius 1 is 1.23 bits per heavy atom. The number of fused-ring (bicyclic) bond motifs is 1. The summed E-state index contributed by atoms with van der Waals surface area (Å²) in [5.74, 6) is 1.40. The fraction of sp³-hybridized carbons (Fsp3) is 0.429. The van der Waals surface area contributed by atoms with Gasteiger partial charge in [0.25, 0.3) is 0 Å². The first kappa shape index (κ1) is 20.9. The number of nitrogens with one attached hydrogen (secondary N) is 2. The molecular formula is C21H26N5O3S-. The van der Waals surface area contributed by atoms with E-state index in [1.54, 1.807) is 6.20 Å². The van der Waals surface area contributed by atoms with Crippen LogP contribution in [0.5, 0.6) is 0 Å². The minimum Gasteiger partial charge on any atom is -0.760 e. The summed E-state index contributed by atoms with van der Waals surface area (Å²) in [6, 6.07) is 10.3. The minimum absolute atomic E-state index is 0.00961. The van der Waals surface area contributed by atoms with Crippen molar-refractivity contribution in [2.75, 3.05) is 11.9 Å². The Morgan fingerprint density at radius 3 is 2.73 bits per heavy atom. The standard InChI is InChI=1S/C21H27N5O3S/c1-14(13-27)17-3-2-4-19-18(17)10-12-26(19)20-9-11-22-21(24-20)23-15-5-7-16(8-6-15)25-30(28)29/h2-4,9-12,14-16,25,27H,5-8,13H2,1H3,(H,28,29)(H,22,23,24)/p-1. The van der Waals surface area contributed by atoms with Crippen LogP contribution in [-0.4, -0.2) is 47.1 Å². The molecule has 3 aromatic rings. The predicted molar refractivity (Wildman–Crippen MR) is 116 cm³/mol. The summed E-state index contributed by atoms with van der Waals surface area (Å²) in [7, 11) is 0. The van der Waals surface area contributed by atoms with Crippen LogP contribution in [0.1, 0.15) is 44.1 Å². The molecular weight excluding hydrogens is 402 g/mol. The van der Waals surface area contributed by atoms with Crippen LogP contribution < -0.4 is 10.0 Å². The Kier molecular flexibility index (Phi) is 6.43. The number of aliphatic hydroxyl groups excluding tert-OH is 1. The molecule has 2 aromatic heterocycles. The first-order valence-electron chi connectivity index (χ1n) is 10.2. The van der Waals surface area contributed by atoms with Crippen LogP contribution in [0.2, 0.25) is 0 Å². The monoisotopic (exact) mass is 428 g/mol. The summed E-state index contributed by atoms with van der Waals surface area (Å²) < 4.78 is 26.2. The van der Waals surface area contributed by atoms with Crippen LogP contribution >= 0.6 is 0 Å². The number of aliphatic hydroxyl groups is 1. The third-order valence-corrected chi connectivity index (χ3v) is 6.31. The van der Waals surface area contributed by atoms with E-state index in [1.165, 1.54) is 0 Å². The van der Waals surface area contributed by atoms with Crippen molar-refractivity contribution in [2.45, 2.75) is 50.6 Å². The van der Waals surface area contributed by atoms with Crippen molar-refractivity contribution in [2.24, 2.45) is 0 Å². The van der Waals surface area contributed by atoms with Gasteiger partial charge in [0, 0.05) is 53.7 Å². The van der Waals surface area contributed by atoms with E-state index in [-0.39, 0.29) is 24.6 Å². The maximum atomic E-state index is 10.8. The molecule has 4 rings (SSSR count). The molecule has 30 heavy (non-hydrogen) atoms. The zero-order chi connectivity index (χ0) is 21.1. The van der Waals surface area contributed by atoms with Gasteiger partial charge in [0.1, 0.15) is 5.82 Å². The first-order valence-corrected chi connectivity index (χ1v) is 11.3. The number of aromatic nitrogens is 3. The molecule has 9 heteroatoms. The SMILES string of the molecule is CC(CO)c1cccc2c1ccn2-c1ccnc(NC2CCC(NS(=O)[O-])CC2)n1. The van der Waals surface area contributed by atoms with Gasteiger partial charge in [-0.05, 0) is 49.4 Å². The van der Waals surface area contributed by atoms with E-state index in [4.69, 9.17) is 4.98 Å². The zero-order valence-electron chi connectivity index (χ0n) is 16.8. The van der Waals surface area contributed by atoms with Gasteiger partial charge in [-0.25, -0.2) is 9.71 Å². The summed E-state index contributed by atoms with van der Waals surface area (Å²) in [6.07, 6.45) is 7.03. The Morgan fingerprint density at radius 2 is 2.00 bits per heavy atom. The molecule has 0 aliphatic heterocycles. The molecule has 1 aliphatic rings. The predicted octanol–water partition coefficient (Wildman–Crippen LogP) is 2.62. The van der Waals surface area contributed by atoms with E-state index in [9.17, 15) is 13.9 Å². The molecule has 2 atom stereocenters. The summed E-state index contributed by atoms with van der Waals surface area (Å²) in [6.45, 7) is 2.12. The van der Waals surface area contributed by atoms with Gasteiger partial charge in [-0.2, -0.15) is 4.98 Å². The fourth-order valence-corrected chi connectivity index (χ4v) is 4.65. The van der Waals surface area contributed by atoms with Gasteiger partial charge in [0.15, 0.2) is 0 Å². The van der Waals surface area contributed by atoms with Gasteiger partial charge in [-0.3, -0.25) is 4.21 Å². The van der Waals surface area contributed by atoms with Crippen molar-refractivity contribution in [1.29, 1.82) is 0 Å². The van der Waals surface area contributed by atoms with Gasteiger partial charge in [-0.15, -0.1) is 0 Å². The highest BCUT2D eigenvalue weighted by atomic mass is 32.2.